The molecule has 0 amide bonds. The van der Waals surface area contributed by atoms with Crippen LogP contribution in [-0.4, -0.2) is 21.2 Å². The number of fused-ring (bicyclic) bond motifs is 7. The number of aldehydes is 1. The molecule has 9 atom stereocenters. The van der Waals surface area contributed by atoms with Crippen LogP contribution in [-0.2, 0) is 7.86 Å². The number of halogens is 2. The summed E-state index contributed by atoms with van der Waals surface area (Å²) in [4.78, 5) is 24.8. The van der Waals surface area contributed by atoms with Gasteiger partial charge in [0, 0.05) is 19.8 Å². The molecule has 5 aliphatic rings. The van der Waals surface area contributed by atoms with E-state index >= 15 is 0 Å². The molecule has 0 heterocycles. The molecule has 5 aliphatic carbocycles. The van der Waals surface area contributed by atoms with Crippen LogP contribution in [0.1, 0.15) is 108 Å². The van der Waals surface area contributed by atoms with Gasteiger partial charge in [0.15, 0.2) is 23.0 Å². The molecule has 1 aromatic carbocycles. The van der Waals surface area contributed by atoms with Gasteiger partial charge in [-0.15, -0.1) is 0 Å². The van der Waals surface area contributed by atoms with Crippen LogP contribution in [0.5, 0.6) is 0 Å². The minimum atomic E-state index is -0.309. The average molecular weight is 796 g/mol. The van der Waals surface area contributed by atoms with Crippen LogP contribution < -0.4 is 5.73 Å². The first-order valence-electron chi connectivity index (χ1n) is 15.9. The number of alkyl halides is 1. The Morgan fingerprint density at radius 1 is 1.02 bits per heavy atom. The Labute approximate surface area is 280 Å². The van der Waals surface area contributed by atoms with Crippen LogP contribution in [0.4, 0.5) is 0 Å². The number of carbonyl (C=O) groups excluding carboxylic acids is 2. The average Bonchev–Trinajstić information content (AvgIpc) is 3.35. The van der Waals surface area contributed by atoms with Gasteiger partial charge in [0.2, 0.25) is 0 Å². The maximum Gasteiger partial charge on any atom is 0.347 e. The Balaban J connectivity index is 1.39. The van der Waals surface area contributed by atoms with Crippen molar-refractivity contribution in [1.29, 1.82) is 0 Å². The number of nitrogens with two attached hydrogens (primary N) is 1. The second kappa shape index (κ2) is 10.1. The lowest BCUT2D eigenvalue weighted by atomic mass is 9.34. The lowest BCUT2D eigenvalue weighted by molar-refractivity contribution is -0.169. The van der Waals surface area contributed by atoms with Gasteiger partial charge in [-0.05, 0) is 122 Å². The Bertz CT molecular complexity index is 1350. The van der Waals surface area contributed by atoms with Gasteiger partial charge in [0.05, 0.1) is 5.56 Å². The minimum Gasteiger partial charge on any atom is -0.391 e. The second-order valence-electron chi connectivity index (χ2n) is 15.7. The lowest BCUT2D eigenvalue weighted by Crippen LogP contribution is -2.78. The zero-order chi connectivity index (χ0) is 30.5. The number of hydrogen-bond acceptors (Lipinski definition) is 4. The van der Waals surface area contributed by atoms with Gasteiger partial charge in [-0.2, -0.15) is 0 Å². The van der Waals surface area contributed by atoms with Crippen LogP contribution in [0.2, 0.25) is 0 Å². The van der Waals surface area contributed by atoms with E-state index in [0.717, 1.165) is 57.8 Å². The van der Waals surface area contributed by atoms with Gasteiger partial charge in [0.25, 0.3) is 0 Å². The first-order valence-corrected chi connectivity index (χ1v) is 17.9. The summed E-state index contributed by atoms with van der Waals surface area (Å²) in [7, 11) is 0. The Kier molecular flexibility index (Phi) is 7.54. The van der Waals surface area contributed by atoms with E-state index in [-0.39, 0.29) is 36.6 Å². The molecule has 4 saturated carbocycles. The van der Waals surface area contributed by atoms with Crippen molar-refractivity contribution in [2.75, 3.05) is 0 Å². The fourth-order valence-electron chi connectivity index (χ4n) is 11.9. The van der Waals surface area contributed by atoms with E-state index in [1.807, 2.05) is 12.1 Å². The van der Waals surface area contributed by atoms with E-state index in [0.29, 0.717) is 29.2 Å². The van der Waals surface area contributed by atoms with Crippen LogP contribution >= 0.6 is 45.6 Å². The molecule has 6 rings (SSSR count). The van der Waals surface area contributed by atoms with Crippen LogP contribution in [0, 0.1) is 45.3 Å². The van der Waals surface area contributed by atoms with E-state index in [9.17, 15) is 9.59 Å². The summed E-state index contributed by atoms with van der Waals surface area (Å²) in [6.07, 6.45) is 13.4. The number of rotatable bonds is 4. The lowest BCUT2D eigenvalue weighted by Gasteiger charge is -2.75. The molecule has 2 N–H and O–H groups in total. The van der Waals surface area contributed by atoms with Gasteiger partial charge >= 0.3 is 5.97 Å². The van der Waals surface area contributed by atoms with E-state index in [4.69, 9.17) is 8.80 Å². The maximum absolute atomic E-state index is 12.8. The summed E-state index contributed by atoms with van der Waals surface area (Å²) in [5.74, 6) is 1.31. The van der Waals surface area contributed by atoms with Gasteiger partial charge in [-0.25, -0.2) is 4.79 Å². The molecule has 0 aromatic heterocycles. The van der Waals surface area contributed by atoms with Crippen LogP contribution in [0.3, 0.4) is 0 Å². The van der Waals surface area contributed by atoms with Crippen LogP contribution in [0.25, 0.3) is 5.57 Å². The standard InChI is InChI=1S/C36H47I2NO3/c1-22(2)25-11-17-34(21-40)19-20-35(39)27(29(25)34)13-18-36(37)32(5)15-12-26(23-7-9-24(10-8-23)30(41)42-38)31(3,4)28(32)14-16-33(35,36)6/h7-10,12,21,25,27-29H,1,11,13-20,39H2,2-6H3/t25?,27-,28?,29?,32+,33+,34?,35+,36+/m1/s1. The third kappa shape index (κ3) is 3.84. The fourth-order valence-corrected chi connectivity index (χ4v) is 13.8. The van der Waals surface area contributed by atoms with Crippen molar-refractivity contribution in [3.8, 4) is 0 Å². The second-order valence-corrected chi connectivity index (χ2v) is 18.0. The Morgan fingerprint density at radius 2 is 1.71 bits per heavy atom. The highest BCUT2D eigenvalue weighted by molar-refractivity contribution is 14.1. The smallest absolute Gasteiger partial charge is 0.347 e. The normalized spacial score (nSPS) is 45.4. The van der Waals surface area contributed by atoms with Crippen molar-refractivity contribution >= 4 is 63.4 Å². The Hall–Kier alpha value is -0.740. The number of allylic oxidation sites excluding steroid dienone is 3. The zero-order valence-electron chi connectivity index (χ0n) is 25.9. The van der Waals surface area contributed by atoms with Gasteiger partial charge in [0.1, 0.15) is 6.29 Å². The summed E-state index contributed by atoms with van der Waals surface area (Å²) in [5, 5.41) is 0. The molecule has 4 unspecified atom stereocenters. The summed E-state index contributed by atoms with van der Waals surface area (Å²) < 4.78 is 4.95. The van der Waals surface area contributed by atoms with Crippen molar-refractivity contribution in [1.82, 2.24) is 0 Å². The highest BCUT2D eigenvalue weighted by Crippen LogP contribution is 2.78. The molecule has 228 valence electrons. The molecule has 1 aromatic rings. The van der Waals surface area contributed by atoms with Gasteiger partial charge in [-0.1, -0.05) is 80.6 Å². The first-order chi connectivity index (χ1) is 19.7. The van der Waals surface area contributed by atoms with Crippen LogP contribution in [0.15, 0.2) is 42.5 Å². The molecule has 4 fully saturated rings. The molecular weight excluding hydrogens is 748 g/mol. The predicted octanol–water partition coefficient (Wildman–Crippen LogP) is 9.29. The van der Waals surface area contributed by atoms with E-state index < -0.39 is 0 Å². The molecule has 0 bridgehead atoms. The van der Waals surface area contributed by atoms with Crippen molar-refractivity contribution < 1.29 is 12.7 Å². The van der Waals surface area contributed by atoms with Crippen molar-refractivity contribution in [2.24, 2.45) is 51.1 Å². The van der Waals surface area contributed by atoms with Crippen molar-refractivity contribution in [3.63, 3.8) is 0 Å². The van der Waals surface area contributed by atoms with Gasteiger partial charge < -0.3 is 13.6 Å². The van der Waals surface area contributed by atoms with Crippen molar-refractivity contribution in [2.45, 2.75) is 101 Å². The number of benzene rings is 1. The molecule has 6 heteroatoms. The summed E-state index contributed by atoms with van der Waals surface area (Å²) in [6, 6.07) is 7.96. The molecule has 0 radical (unpaired) electrons. The van der Waals surface area contributed by atoms with E-state index in [1.165, 1.54) is 23.0 Å². The van der Waals surface area contributed by atoms with Gasteiger partial charge in [-0.3, -0.25) is 0 Å². The first kappa shape index (κ1) is 31.3. The number of carbonyl (C=O) groups is 2. The molecule has 0 aliphatic heterocycles. The monoisotopic (exact) mass is 795 g/mol. The highest BCUT2D eigenvalue weighted by atomic mass is 127. The summed E-state index contributed by atoms with van der Waals surface area (Å²) in [6.45, 7) is 16.6. The largest absolute Gasteiger partial charge is 0.391 e. The fraction of sp³-hybridized carbons (Fsp3) is 0.667. The quantitative estimate of drug-likeness (QED) is 0.143. The molecular formula is C36H47I2NO3. The SMILES string of the molecule is C=C(C)C1CCC2(C=O)CC[C@]3(N)[C@H](CC[C@@]4(I)[C@@]3(C)CCC3C(C)(C)C(c5ccc(C(=O)OI)cc5)=CC[C@@]34C)C12. The third-order valence-corrected chi connectivity index (χ3v) is 17.5. The summed E-state index contributed by atoms with van der Waals surface area (Å²) in [5.41, 5.74) is 11.9. The van der Waals surface area contributed by atoms with E-state index in [2.05, 4.69) is 82.0 Å². The molecule has 0 saturated heterocycles. The number of hydrogen-bond donors (Lipinski definition) is 1. The maximum atomic E-state index is 12.8. The predicted molar refractivity (Wildman–Crippen MR) is 186 cm³/mol. The highest BCUT2D eigenvalue weighted by Gasteiger charge is 2.75. The topological polar surface area (TPSA) is 69.4 Å². The van der Waals surface area contributed by atoms with Crippen molar-refractivity contribution in [3.05, 3.63) is 53.6 Å². The molecule has 42 heavy (non-hydrogen) atoms. The molecule has 4 nitrogen and oxygen atoms in total. The zero-order valence-corrected chi connectivity index (χ0v) is 30.2. The minimum absolute atomic E-state index is 0.0190. The molecule has 0 spiro atoms. The van der Waals surface area contributed by atoms with E-state index in [1.54, 1.807) is 23.0 Å². The third-order valence-electron chi connectivity index (χ3n) is 14.1. The Morgan fingerprint density at radius 3 is 2.33 bits per heavy atom. The summed E-state index contributed by atoms with van der Waals surface area (Å²) >= 11 is 4.56.